The lowest BCUT2D eigenvalue weighted by Gasteiger charge is -2.29. The van der Waals surface area contributed by atoms with Gasteiger partial charge < -0.3 is 71.8 Å². The number of aliphatic hydroxyl groups is 2. The van der Waals surface area contributed by atoms with Gasteiger partial charge in [0.15, 0.2) is 0 Å². The van der Waals surface area contributed by atoms with Crippen LogP contribution in [0.2, 0.25) is 0 Å². The SMILES string of the molecule is C.CC(=O)OCC(C)(COC(=O)OCC(C)(COC(=O)OCC(C)(COC(C)=O)C(=O)OCCCCl)C(=O)OCc1ccccc1)C(=O)OCCCCl.CC(CO)(CO)C(=O)OCc1ccccc1.CC1(C(=O)OCCCCl)COC(=O)OC1.[3H]C(Cl)C(=O)CCC. The lowest BCUT2D eigenvalue weighted by atomic mass is 9.93. The Labute approximate surface area is 552 Å². The maximum Gasteiger partial charge on any atom is 0.508 e. The monoisotopic (exact) mass is 1380 g/mol. The van der Waals surface area contributed by atoms with Gasteiger partial charge in [-0.05, 0) is 71.4 Å². The number of Topliss-reactive ketones (excluding diaryl/α,β-unsaturated/α-hetero) is 1. The third kappa shape index (κ3) is 36.2. The summed E-state index contributed by atoms with van der Waals surface area (Å²) in [4.78, 5) is 131. The van der Waals surface area contributed by atoms with Crippen LogP contribution < -0.4 is 0 Å². The molecule has 0 bridgehead atoms. The molecule has 0 spiro atoms. The van der Waals surface area contributed by atoms with Gasteiger partial charge in [-0.25, -0.2) is 14.4 Å². The zero-order chi connectivity index (χ0) is 69.1. The van der Waals surface area contributed by atoms with Crippen LogP contribution in [0.15, 0.2) is 60.7 Å². The van der Waals surface area contributed by atoms with Crippen molar-refractivity contribution in [2.75, 3.05) is 109 Å². The summed E-state index contributed by atoms with van der Waals surface area (Å²) in [6.45, 7) is 6.74. The van der Waals surface area contributed by atoms with Crippen molar-refractivity contribution in [2.24, 2.45) is 27.1 Å². The van der Waals surface area contributed by atoms with Crippen LogP contribution in [0.3, 0.4) is 0 Å². The number of ketones is 1. The Hall–Kier alpha value is -6.71. The summed E-state index contributed by atoms with van der Waals surface area (Å²) in [5.41, 5.74) is -5.71. The molecule has 3 rings (SSSR count). The summed E-state index contributed by atoms with van der Waals surface area (Å²) in [6, 6.07) is 17.9. The number of esters is 7. The number of aliphatic hydroxyl groups excluding tert-OH is 2. The molecule has 2 aromatic carbocycles. The number of halogens is 4. The third-order valence-electron chi connectivity index (χ3n) is 12.0. The van der Waals surface area contributed by atoms with Gasteiger partial charge in [-0.1, -0.05) is 75.0 Å². The van der Waals surface area contributed by atoms with Crippen molar-refractivity contribution in [3.05, 3.63) is 71.8 Å². The second kappa shape index (κ2) is 47.2. The number of cyclic esters (lactones) is 2. The molecule has 1 fully saturated rings. The van der Waals surface area contributed by atoms with Gasteiger partial charge in [0.1, 0.15) is 98.9 Å². The van der Waals surface area contributed by atoms with Crippen molar-refractivity contribution in [3.63, 3.8) is 0 Å². The molecule has 91 heavy (non-hydrogen) atoms. The van der Waals surface area contributed by atoms with Crippen LogP contribution in [0.4, 0.5) is 14.4 Å². The van der Waals surface area contributed by atoms with Crippen molar-refractivity contribution in [2.45, 2.75) is 108 Å². The van der Waals surface area contributed by atoms with Crippen molar-refractivity contribution in [1.82, 2.24) is 0 Å². The molecule has 0 aromatic heterocycles. The fraction of sp³-hybridized carbons (Fsp3) is 0.623. The van der Waals surface area contributed by atoms with Crippen LogP contribution >= 0.6 is 46.4 Å². The molecule has 0 saturated carbocycles. The van der Waals surface area contributed by atoms with E-state index < -0.39 is 146 Å². The predicted molar refractivity (Wildman–Crippen MR) is 329 cm³/mol. The minimum atomic E-state index is -1.84. The topological polar surface area (TPSA) is 348 Å². The van der Waals surface area contributed by atoms with E-state index >= 15 is 0 Å². The van der Waals surface area contributed by atoms with Crippen LogP contribution in [0.5, 0.6) is 0 Å². The van der Waals surface area contributed by atoms with Gasteiger partial charge in [-0.2, -0.15) is 0 Å². The van der Waals surface area contributed by atoms with Gasteiger partial charge in [0.05, 0.1) is 40.3 Å². The molecular formula is C61H88Cl4O26. The molecule has 0 aliphatic carbocycles. The molecule has 3 unspecified atom stereocenters. The minimum absolute atomic E-state index is 0. The Balaban J connectivity index is 0. The van der Waals surface area contributed by atoms with Gasteiger partial charge in [-0.15, -0.1) is 46.4 Å². The zero-order valence-corrected chi connectivity index (χ0v) is 54.8. The number of rotatable bonds is 35. The number of carbonyl (C=O) groups excluding carboxylic acids is 11. The average Bonchev–Trinajstić information content (AvgIpc) is 1.51. The predicted octanol–water partition coefficient (Wildman–Crippen LogP) is 8.81. The Morgan fingerprint density at radius 2 is 0.835 bits per heavy atom. The van der Waals surface area contributed by atoms with Gasteiger partial charge in [0.2, 0.25) is 0 Å². The van der Waals surface area contributed by atoms with Crippen LogP contribution in [0.1, 0.15) is 107 Å². The molecule has 1 aliphatic rings. The van der Waals surface area contributed by atoms with E-state index in [2.05, 4.69) is 9.47 Å². The number of ether oxygens (including phenoxy) is 13. The lowest BCUT2D eigenvalue weighted by Crippen LogP contribution is -2.44. The first kappa shape index (κ1) is 84.3. The number of hydrogen-bond donors (Lipinski definition) is 2. The largest absolute Gasteiger partial charge is 0.508 e. The molecule has 2 N–H and O–H groups in total. The van der Waals surface area contributed by atoms with Crippen molar-refractivity contribution in [1.29, 1.82) is 0 Å². The van der Waals surface area contributed by atoms with E-state index in [4.69, 9.17) is 110 Å². The molecule has 3 atom stereocenters. The molecule has 2 aromatic rings. The highest BCUT2D eigenvalue weighted by Gasteiger charge is 2.44. The highest BCUT2D eigenvalue weighted by Crippen LogP contribution is 2.27. The van der Waals surface area contributed by atoms with Crippen LogP contribution in [-0.2, 0) is 113 Å². The maximum atomic E-state index is 13.3. The summed E-state index contributed by atoms with van der Waals surface area (Å²) < 4.78 is 72.2. The van der Waals surface area contributed by atoms with Gasteiger partial charge in [0, 0.05) is 37.9 Å². The van der Waals surface area contributed by atoms with E-state index in [0.717, 1.165) is 25.8 Å². The second-order valence-corrected chi connectivity index (χ2v) is 22.5. The van der Waals surface area contributed by atoms with Crippen LogP contribution in [0, 0.1) is 27.1 Å². The quantitative estimate of drug-likeness (QED) is 0.0281. The molecule has 1 aliphatic heterocycles. The Bertz CT molecular complexity index is 2480. The molecule has 0 radical (unpaired) electrons. The molecule has 1 saturated heterocycles. The van der Waals surface area contributed by atoms with Gasteiger partial charge in [-0.3, -0.25) is 38.4 Å². The molecular weight excluding hydrogens is 1290 g/mol. The Morgan fingerprint density at radius 3 is 1.13 bits per heavy atom. The molecule has 30 heteroatoms. The average molecular weight is 1380 g/mol. The fourth-order valence-electron chi connectivity index (χ4n) is 6.05. The van der Waals surface area contributed by atoms with Crippen molar-refractivity contribution < 1.29 is 126 Å². The van der Waals surface area contributed by atoms with E-state index in [-0.39, 0.29) is 71.2 Å². The summed E-state index contributed by atoms with van der Waals surface area (Å²) >= 11 is 21.8. The summed E-state index contributed by atoms with van der Waals surface area (Å²) in [6.07, 6.45) is -0.904. The van der Waals surface area contributed by atoms with E-state index in [1.807, 2.05) is 37.3 Å². The van der Waals surface area contributed by atoms with Crippen molar-refractivity contribution >= 4 is 112 Å². The highest BCUT2D eigenvalue weighted by molar-refractivity contribution is 6.27. The molecule has 516 valence electrons. The highest BCUT2D eigenvalue weighted by atomic mass is 35.5. The number of alkyl halides is 4. The smallest absolute Gasteiger partial charge is 0.465 e. The van der Waals surface area contributed by atoms with E-state index in [1.165, 1.54) is 27.7 Å². The number of hydrogen-bond acceptors (Lipinski definition) is 26. The minimum Gasteiger partial charge on any atom is -0.465 e. The van der Waals surface area contributed by atoms with Crippen molar-refractivity contribution in [3.8, 4) is 0 Å². The lowest BCUT2D eigenvalue weighted by molar-refractivity contribution is -0.167. The molecule has 0 amide bonds. The Kier molecular flexibility index (Phi) is 43.7. The maximum absolute atomic E-state index is 13.3. The first-order chi connectivity index (χ1) is 42.9. The number of carbonyl (C=O) groups is 11. The second-order valence-electron chi connectivity index (χ2n) is 21.1. The summed E-state index contributed by atoms with van der Waals surface area (Å²) in [5, 5.41) is 18.0. The normalized spacial score (nSPS) is 14.4. The van der Waals surface area contributed by atoms with E-state index in [0.29, 0.717) is 37.1 Å². The standard InChI is InChI=1S/C34H46Cl2O16.C12H16O4.C9H13ClO5.C5H9ClO.CH4/c1-24(37)47-18-32(3,27(39)44-15-9-13-35)20-49-30(42)51-22-34(5,29(41)46-17-26-11-7-6-8-12-26)23-52-31(43)50-21-33(4,19-48-25(2)38)28(40)45-16-10-14-36;1-12(8-13,9-14)11(15)16-7-10-5-3-2-4-6-10;1-9(5-14-8(12)15-6-9)7(11)13-4-2-3-10;1-2-3-5(7)4-6;/h6-8,11-12H,9-10,13-23H2,1-5H3;2-6,13-14H,7-9H2,1H3;2-6H2,1H3;2-4H2,1H3;1H4/i;;;4T;. The van der Waals surface area contributed by atoms with Gasteiger partial charge in [0.25, 0.3) is 0 Å². The van der Waals surface area contributed by atoms with Crippen LogP contribution in [-0.4, -0.2) is 186 Å². The summed E-state index contributed by atoms with van der Waals surface area (Å²) in [5.74, 6) is -5.36. The first-order valence-electron chi connectivity index (χ1n) is 28.5. The fourth-order valence-corrected chi connectivity index (χ4v) is 6.49. The molecule has 26 nitrogen and oxygen atoms in total. The first-order valence-corrected chi connectivity index (χ1v) is 30.0. The Morgan fingerprint density at radius 1 is 0.516 bits per heavy atom. The van der Waals surface area contributed by atoms with Gasteiger partial charge >= 0.3 is 60.3 Å². The van der Waals surface area contributed by atoms with E-state index in [9.17, 15) is 52.7 Å². The third-order valence-corrected chi connectivity index (χ3v) is 13.0. The van der Waals surface area contributed by atoms with E-state index in [1.54, 1.807) is 37.3 Å². The summed E-state index contributed by atoms with van der Waals surface area (Å²) in [7, 11) is 0. The number of benzene rings is 2. The zero-order valence-electron chi connectivity index (χ0n) is 52.8. The van der Waals surface area contributed by atoms with Crippen LogP contribution in [0.25, 0.3) is 0 Å². The molecule has 1 heterocycles.